The molecule has 88 valence electrons. The number of pyridine rings is 1. The Balaban J connectivity index is 2.50. The molecule has 0 bridgehead atoms. The molecule has 4 nitrogen and oxygen atoms in total. The van der Waals surface area contributed by atoms with Gasteiger partial charge in [-0.15, -0.1) is 0 Å². The van der Waals surface area contributed by atoms with Gasteiger partial charge in [-0.1, -0.05) is 13.3 Å². The van der Waals surface area contributed by atoms with E-state index in [1.807, 2.05) is 6.92 Å². The normalized spacial score (nSPS) is 12.2. The van der Waals surface area contributed by atoms with Crippen molar-refractivity contribution in [3.8, 4) is 0 Å². The van der Waals surface area contributed by atoms with Crippen LogP contribution in [0, 0.1) is 5.82 Å². The maximum absolute atomic E-state index is 13.1. The molecule has 1 rings (SSSR count). The summed E-state index contributed by atoms with van der Waals surface area (Å²) >= 11 is 0. The summed E-state index contributed by atoms with van der Waals surface area (Å²) < 4.78 is 13.1. The van der Waals surface area contributed by atoms with Crippen LogP contribution in [-0.4, -0.2) is 28.6 Å². The standard InChI is InChI=1S/C11H15FN2O2/c1-2-3-8(15)6-14-11(16)9-4-5-13-7-10(9)12/h4-5,7-8,15H,2-3,6H2,1H3,(H,14,16). The number of hydrogen-bond donors (Lipinski definition) is 2. The lowest BCUT2D eigenvalue weighted by Crippen LogP contribution is -2.32. The Morgan fingerprint density at radius 3 is 3.06 bits per heavy atom. The van der Waals surface area contributed by atoms with E-state index in [9.17, 15) is 14.3 Å². The molecule has 2 N–H and O–H groups in total. The molecule has 0 aliphatic rings. The number of amides is 1. The van der Waals surface area contributed by atoms with Crippen molar-refractivity contribution >= 4 is 5.91 Å². The van der Waals surface area contributed by atoms with E-state index in [4.69, 9.17) is 0 Å². The van der Waals surface area contributed by atoms with Crippen LogP contribution in [0.15, 0.2) is 18.5 Å². The lowest BCUT2D eigenvalue weighted by atomic mass is 10.2. The summed E-state index contributed by atoms with van der Waals surface area (Å²) in [6.07, 6.45) is 3.19. The number of aliphatic hydroxyl groups is 1. The molecule has 0 aliphatic carbocycles. The van der Waals surface area contributed by atoms with Crippen molar-refractivity contribution in [3.05, 3.63) is 29.8 Å². The predicted octanol–water partition coefficient (Wildman–Crippen LogP) is 1.11. The van der Waals surface area contributed by atoms with Gasteiger partial charge in [0.1, 0.15) is 0 Å². The van der Waals surface area contributed by atoms with Crippen molar-refractivity contribution in [2.45, 2.75) is 25.9 Å². The van der Waals surface area contributed by atoms with Crippen molar-refractivity contribution in [2.75, 3.05) is 6.54 Å². The topological polar surface area (TPSA) is 62.2 Å². The Bertz CT molecular complexity index is 358. The number of rotatable bonds is 5. The Morgan fingerprint density at radius 2 is 2.44 bits per heavy atom. The molecule has 1 atom stereocenters. The average Bonchev–Trinajstić information content (AvgIpc) is 2.27. The number of carbonyl (C=O) groups excluding carboxylic acids is 1. The van der Waals surface area contributed by atoms with Gasteiger partial charge in [0.15, 0.2) is 5.82 Å². The number of aromatic nitrogens is 1. The highest BCUT2D eigenvalue weighted by molar-refractivity contribution is 5.94. The molecule has 0 spiro atoms. The van der Waals surface area contributed by atoms with Gasteiger partial charge in [-0.05, 0) is 12.5 Å². The molecule has 1 heterocycles. The second-order valence-electron chi connectivity index (χ2n) is 3.51. The number of nitrogens with one attached hydrogen (secondary N) is 1. The minimum absolute atomic E-state index is 0.0568. The quantitative estimate of drug-likeness (QED) is 0.790. The third kappa shape index (κ3) is 3.58. The van der Waals surface area contributed by atoms with Crippen molar-refractivity contribution < 1.29 is 14.3 Å². The second-order valence-corrected chi connectivity index (χ2v) is 3.51. The van der Waals surface area contributed by atoms with Gasteiger partial charge in [0.2, 0.25) is 0 Å². The largest absolute Gasteiger partial charge is 0.391 e. The highest BCUT2D eigenvalue weighted by Gasteiger charge is 2.12. The molecule has 0 saturated carbocycles. The van der Waals surface area contributed by atoms with Gasteiger partial charge in [0.05, 0.1) is 17.9 Å². The van der Waals surface area contributed by atoms with E-state index in [0.29, 0.717) is 6.42 Å². The third-order valence-electron chi connectivity index (χ3n) is 2.14. The lowest BCUT2D eigenvalue weighted by molar-refractivity contribution is 0.0906. The second kappa shape index (κ2) is 6.17. The first-order valence-electron chi connectivity index (χ1n) is 5.21. The van der Waals surface area contributed by atoms with Crippen LogP contribution in [0.2, 0.25) is 0 Å². The first kappa shape index (κ1) is 12.6. The van der Waals surface area contributed by atoms with Gasteiger partial charge >= 0.3 is 0 Å². The zero-order valence-electron chi connectivity index (χ0n) is 9.11. The number of nitrogens with zero attached hydrogens (tertiary/aromatic N) is 1. The Labute approximate surface area is 93.5 Å². The molecule has 1 aromatic rings. The fourth-order valence-electron chi connectivity index (χ4n) is 1.30. The first-order chi connectivity index (χ1) is 7.65. The van der Waals surface area contributed by atoms with Gasteiger partial charge in [-0.2, -0.15) is 0 Å². The van der Waals surface area contributed by atoms with Crippen molar-refractivity contribution in [3.63, 3.8) is 0 Å². The fourth-order valence-corrected chi connectivity index (χ4v) is 1.30. The van der Waals surface area contributed by atoms with Gasteiger partial charge in [0, 0.05) is 12.7 Å². The van der Waals surface area contributed by atoms with Crippen LogP contribution in [0.1, 0.15) is 30.1 Å². The van der Waals surface area contributed by atoms with Crippen molar-refractivity contribution in [1.82, 2.24) is 10.3 Å². The summed E-state index contributed by atoms with van der Waals surface area (Å²) in [5, 5.41) is 11.9. The molecule has 1 aromatic heterocycles. The monoisotopic (exact) mass is 226 g/mol. The molecule has 0 saturated heterocycles. The van der Waals surface area contributed by atoms with Crippen LogP contribution < -0.4 is 5.32 Å². The molecule has 1 amide bonds. The minimum atomic E-state index is -0.662. The van der Waals surface area contributed by atoms with Crippen LogP contribution in [0.4, 0.5) is 4.39 Å². The van der Waals surface area contributed by atoms with Gasteiger partial charge in [0.25, 0.3) is 5.91 Å². The molecule has 0 fully saturated rings. The predicted molar refractivity (Wildman–Crippen MR) is 57.4 cm³/mol. The molecule has 0 radical (unpaired) electrons. The third-order valence-corrected chi connectivity index (χ3v) is 2.14. The molecule has 5 heteroatoms. The summed E-state index contributed by atoms with van der Waals surface area (Å²) in [5.74, 6) is -1.19. The van der Waals surface area contributed by atoms with E-state index in [0.717, 1.165) is 12.6 Å². The van der Waals surface area contributed by atoms with Crippen LogP contribution in [0.3, 0.4) is 0 Å². The highest BCUT2D eigenvalue weighted by Crippen LogP contribution is 2.04. The van der Waals surface area contributed by atoms with E-state index >= 15 is 0 Å². The summed E-state index contributed by atoms with van der Waals surface area (Å²) in [6, 6.07) is 1.30. The van der Waals surface area contributed by atoms with E-state index < -0.39 is 17.8 Å². The molecular formula is C11H15FN2O2. The van der Waals surface area contributed by atoms with Crippen LogP contribution in [0.25, 0.3) is 0 Å². The Hall–Kier alpha value is -1.49. The number of halogens is 1. The smallest absolute Gasteiger partial charge is 0.254 e. The van der Waals surface area contributed by atoms with Crippen LogP contribution in [0.5, 0.6) is 0 Å². The van der Waals surface area contributed by atoms with Gasteiger partial charge in [-0.25, -0.2) is 4.39 Å². The number of carbonyl (C=O) groups is 1. The number of aliphatic hydroxyl groups excluding tert-OH is 1. The molecular weight excluding hydrogens is 211 g/mol. The van der Waals surface area contributed by atoms with Crippen molar-refractivity contribution in [2.24, 2.45) is 0 Å². The van der Waals surface area contributed by atoms with Crippen molar-refractivity contribution in [1.29, 1.82) is 0 Å². The summed E-state index contributed by atoms with van der Waals surface area (Å²) in [7, 11) is 0. The summed E-state index contributed by atoms with van der Waals surface area (Å²) in [4.78, 5) is 15.0. The Kier molecular flexibility index (Phi) is 4.85. The summed E-state index contributed by atoms with van der Waals surface area (Å²) in [6.45, 7) is 2.07. The summed E-state index contributed by atoms with van der Waals surface area (Å²) in [5.41, 5.74) is -0.0568. The maximum atomic E-state index is 13.1. The van der Waals surface area contributed by atoms with Gasteiger partial charge in [-0.3, -0.25) is 9.78 Å². The average molecular weight is 226 g/mol. The fraction of sp³-hybridized carbons (Fsp3) is 0.455. The minimum Gasteiger partial charge on any atom is -0.391 e. The number of hydrogen-bond acceptors (Lipinski definition) is 3. The highest BCUT2D eigenvalue weighted by atomic mass is 19.1. The first-order valence-corrected chi connectivity index (χ1v) is 5.21. The van der Waals surface area contributed by atoms with E-state index in [1.54, 1.807) is 0 Å². The lowest BCUT2D eigenvalue weighted by Gasteiger charge is -2.10. The van der Waals surface area contributed by atoms with E-state index in [-0.39, 0.29) is 12.1 Å². The molecule has 16 heavy (non-hydrogen) atoms. The van der Waals surface area contributed by atoms with E-state index in [1.165, 1.54) is 12.3 Å². The zero-order valence-corrected chi connectivity index (χ0v) is 9.11. The SMILES string of the molecule is CCCC(O)CNC(=O)c1ccncc1F. The zero-order chi connectivity index (χ0) is 12.0. The van der Waals surface area contributed by atoms with Crippen LogP contribution >= 0.6 is 0 Å². The van der Waals surface area contributed by atoms with Crippen LogP contribution in [-0.2, 0) is 0 Å². The molecule has 0 aromatic carbocycles. The van der Waals surface area contributed by atoms with Gasteiger partial charge < -0.3 is 10.4 Å². The molecule has 1 unspecified atom stereocenters. The Morgan fingerprint density at radius 1 is 1.69 bits per heavy atom. The van der Waals surface area contributed by atoms with E-state index in [2.05, 4.69) is 10.3 Å². The molecule has 0 aliphatic heterocycles. The maximum Gasteiger partial charge on any atom is 0.254 e.